The molecule has 2 amide bonds. The molecule has 1 aliphatic heterocycles. The van der Waals surface area contributed by atoms with Crippen LogP contribution in [0.25, 0.3) is 0 Å². The maximum atomic E-state index is 12.5. The molecule has 1 atom stereocenters. The van der Waals surface area contributed by atoms with Crippen molar-refractivity contribution in [1.82, 2.24) is 10.2 Å². The van der Waals surface area contributed by atoms with Gasteiger partial charge < -0.3 is 15.0 Å². The van der Waals surface area contributed by atoms with Gasteiger partial charge >= 0.3 is 6.09 Å². The summed E-state index contributed by atoms with van der Waals surface area (Å²) in [6.07, 6.45) is 2.57. The van der Waals surface area contributed by atoms with Gasteiger partial charge in [-0.2, -0.15) is 0 Å². The van der Waals surface area contributed by atoms with Crippen molar-refractivity contribution in [3.63, 3.8) is 0 Å². The van der Waals surface area contributed by atoms with Crippen LogP contribution in [0.1, 0.15) is 37.7 Å². The fraction of sp³-hybridized carbons (Fsp3) is 0.500. The lowest BCUT2D eigenvalue weighted by Gasteiger charge is -2.30. The monoisotopic (exact) mass is 330 g/mol. The number of ether oxygens (including phenoxy) is 1. The van der Waals surface area contributed by atoms with Crippen LogP contribution in [0.3, 0.4) is 0 Å². The van der Waals surface area contributed by atoms with Gasteiger partial charge in [-0.05, 0) is 24.8 Å². The van der Waals surface area contributed by atoms with Crippen molar-refractivity contribution in [2.45, 2.75) is 50.8 Å². The lowest BCUT2D eigenvalue weighted by molar-refractivity contribution is -0.133. The minimum absolute atomic E-state index is 0.0639. The Kier molecular flexibility index (Phi) is 5.13. The zero-order valence-electron chi connectivity index (χ0n) is 13.6. The Bertz CT molecular complexity index is 607. The molecule has 6 heteroatoms. The Morgan fingerprint density at radius 1 is 1.12 bits per heavy atom. The van der Waals surface area contributed by atoms with Gasteiger partial charge in [0.1, 0.15) is 18.4 Å². The maximum Gasteiger partial charge on any atom is 0.408 e. The van der Waals surface area contributed by atoms with Gasteiger partial charge in [-0.1, -0.05) is 30.3 Å². The number of hydrogen-bond acceptors (Lipinski definition) is 4. The molecule has 1 aliphatic carbocycles. The van der Waals surface area contributed by atoms with Crippen molar-refractivity contribution in [2.75, 3.05) is 6.54 Å². The highest BCUT2D eigenvalue weighted by molar-refractivity contribution is 5.88. The molecule has 1 N–H and O–H groups in total. The topological polar surface area (TPSA) is 75.7 Å². The second-order valence-corrected chi connectivity index (χ2v) is 6.35. The van der Waals surface area contributed by atoms with Crippen LogP contribution in [0.5, 0.6) is 0 Å². The number of ketones is 1. The first kappa shape index (κ1) is 16.5. The molecule has 1 saturated carbocycles. The van der Waals surface area contributed by atoms with Crippen LogP contribution in [0, 0.1) is 0 Å². The number of rotatable bonds is 4. The first-order valence-electron chi connectivity index (χ1n) is 8.43. The summed E-state index contributed by atoms with van der Waals surface area (Å²) in [7, 11) is 0. The van der Waals surface area contributed by atoms with E-state index in [-0.39, 0.29) is 24.3 Å². The van der Waals surface area contributed by atoms with Crippen molar-refractivity contribution in [1.29, 1.82) is 0 Å². The number of carbonyl (C=O) groups excluding carboxylic acids is 3. The van der Waals surface area contributed by atoms with E-state index < -0.39 is 12.1 Å². The predicted molar refractivity (Wildman–Crippen MR) is 87.1 cm³/mol. The molecule has 0 aromatic heterocycles. The molecule has 2 aliphatic rings. The third kappa shape index (κ3) is 3.93. The van der Waals surface area contributed by atoms with Crippen LogP contribution in [0.2, 0.25) is 0 Å². The van der Waals surface area contributed by atoms with Crippen LogP contribution in [-0.4, -0.2) is 41.3 Å². The summed E-state index contributed by atoms with van der Waals surface area (Å²) in [4.78, 5) is 37.5. The van der Waals surface area contributed by atoms with Crippen molar-refractivity contribution in [3.05, 3.63) is 35.9 Å². The third-order valence-corrected chi connectivity index (χ3v) is 4.70. The summed E-state index contributed by atoms with van der Waals surface area (Å²) in [6.45, 7) is 0.809. The maximum absolute atomic E-state index is 12.5. The summed E-state index contributed by atoms with van der Waals surface area (Å²) >= 11 is 0. The molecule has 24 heavy (non-hydrogen) atoms. The Morgan fingerprint density at radius 3 is 2.54 bits per heavy atom. The molecule has 1 saturated heterocycles. The van der Waals surface area contributed by atoms with E-state index in [9.17, 15) is 14.4 Å². The zero-order chi connectivity index (χ0) is 16.9. The SMILES string of the molecule is O=C1CCC(N2CC[C@H](NC(=O)OCc3ccccc3)C2=O)CC1. The third-order valence-electron chi connectivity index (χ3n) is 4.70. The quantitative estimate of drug-likeness (QED) is 0.916. The lowest BCUT2D eigenvalue weighted by atomic mass is 9.93. The Labute approximate surface area is 141 Å². The Hall–Kier alpha value is -2.37. The van der Waals surface area contributed by atoms with E-state index in [0.717, 1.165) is 18.4 Å². The van der Waals surface area contributed by atoms with Gasteiger partial charge in [-0.15, -0.1) is 0 Å². The van der Waals surface area contributed by atoms with Gasteiger partial charge in [0.25, 0.3) is 0 Å². The molecule has 0 bridgehead atoms. The second kappa shape index (κ2) is 7.47. The van der Waals surface area contributed by atoms with Gasteiger partial charge in [0.2, 0.25) is 5.91 Å². The first-order valence-corrected chi connectivity index (χ1v) is 8.43. The smallest absolute Gasteiger partial charge is 0.408 e. The van der Waals surface area contributed by atoms with Crippen LogP contribution in [0.15, 0.2) is 30.3 Å². The summed E-state index contributed by atoms with van der Waals surface area (Å²) in [5, 5.41) is 2.66. The van der Waals surface area contributed by atoms with Crippen molar-refractivity contribution in [2.24, 2.45) is 0 Å². The van der Waals surface area contributed by atoms with E-state index in [1.807, 2.05) is 35.2 Å². The minimum Gasteiger partial charge on any atom is -0.445 e. The van der Waals surface area contributed by atoms with Gasteiger partial charge in [0.15, 0.2) is 0 Å². The van der Waals surface area contributed by atoms with Gasteiger partial charge in [-0.3, -0.25) is 9.59 Å². The Morgan fingerprint density at radius 2 is 1.83 bits per heavy atom. The normalized spacial score (nSPS) is 21.8. The molecule has 1 aromatic rings. The largest absolute Gasteiger partial charge is 0.445 e. The number of likely N-dealkylation sites (tertiary alicyclic amines) is 1. The number of alkyl carbamates (subject to hydrolysis) is 1. The van der Waals surface area contributed by atoms with Crippen molar-refractivity contribution < 1.29 is 19.1 Å². The number of nitrogens with zero attached hydrogens (tertiary/aromatic N) is 1. The van der Waals surface area contributed by atoms with E-state index in [0.29, 0.717) is 25.8 Å². The lowest BCUT2D eigenvalue weighted by Crippen LogP contribution is -2.45. The summed E-state index contributed by atoms with van der Waals surface area (Å²) in [5.41, 5.74) is 0.902. The molecule has 1 aromatic carbocycles. The first-order chi connectivity index (χ1) is 11.6. The predicted octanol–water partition coefficient (Wildman–Crippen LogP) is 2.03. The minimum atomic E-state index is -0.571. The Balaban J connectivity index is 1.46. The molecule has 2 fully saturated rings. The van der Waals surface area contributed by atoms with Crippen LogP contribution < -0.4 is 5.32 Å². The summed E-state index contributed by atoms with van der Waals surface area (Å²) in [5.74, 6) is 0.211. The molecule has 0 unspecified atom stereocenters. The number of carbonyl (C=O) groups is 3. The highest BCUT2D eigenvalue weighted by Crippen LogP contribution is 2.25. The van der Waals surface area contributed by atoms with Crippen LogP contribution >= 0.6 is 0 Å². The number of Topliss-reactive ketones (excluding diaryl/α,β-unsaturated/α-hetero) is 1. The van der Waals surface area contributed by atoms with Gasteiger partial charge in [0, 0.05) is 25.4 Å². The average molecular weight is 330 g/mol. The number of nitrogens with one attached hydrogen (secondary N) is 1. The van der Waals surface area contributed by atoms with Crippen LogP contribution in [0.4, 0.5) is 4.79 Å². The summed E-state index contributed by atoms with van der Waals surface area (Å²) in [6, 6.07) is 9.01. The summed E-state index contributed by atoms with van der Waals surface area (Å²) < 4.78 is 5.17. The van der Waals surface area contributed by atoms with E-state index in [1.165, 1.54) is 0 Å². The molecule has 6 nitrogen and oxygen atoms in total. The standard InChI is InChI=1S/C18H22N2O4/c21-15-8-6-14(7-9-15)20-11-10-16(17(20)22)19-18(23)24-12-13-4-2-1-3-5-13/h1-5,14,16H,6-12H2,(H,19,23)/t16-/m0/s1. The number of benzene rings is 1. The molecule has 128 valence electrons. The molecular formula is C18H22N2O4. The number of amides is 2. The van der Waals surface area contributed by atoms with E-state index >= 15 is 0 Å². The highest BCUT2D eigenvalue weighted by atomic mass is 16.5. The average Bonchev–Trinajstić information content (AvgIpc) is 2.95. The fourth-order valence-electron chi connectivity index (χ4n) is 3.34. The van der Waals surface area contributed by atoms with Gasteiger partial charge in [-0.25, -0.2) is 4.79 Å². The second-order valence-electron chi connectivity index (χ2n) is 6.35. The molecular weight excluding hydrogens is 308 g/mol. The molecule has 0 radical (unpaired) electrons. The number of hydrogen-bond donors (Lipinski definition) is 1. The van der Waals surface area contributed by atoms with Crippen molar-refractivity contribution >= 4 is 17.8 Å². The van der Waals surface area contributed by atoms with E-state index in [2.05, 4.69) is 5.32 Å². The van der Waals surface area contributed by atoms with E-state index in [4.69, 9.17) is 4.74 Å². The fourth-order valence-corrected chi connectivity index (χ4v) is 3.34. The molecule has 3 rings (SSSR count). The van der Waals surface area contributed by atoms with Crippen LogP contribution in [-0.2, 0) is 20.9 Å². The van der Waals surface area contributed by atoms with Gasteiger partial charge in [0.05, 0.1) is 0 Å². The highest BCUT2D eigenvalue weighted by Gasteiger charge is 2.38. The molecule has 0 spiro atoms. The molecule has 1 heterocycles. The zero-order valence-corrected chi connectivity index (χ0v) is 13.6. The van der Waals surface area contributed by atoms with E-state index in [1.54, 1.807) is 0 Å². The van der Waals surface area contributed by atoms with Crippen molar-refractivity contribution in [3.8, 4) is 0 Å².